The molecule has 6 aromatic rings. The van der Waals surface area contributed by atoms with E-state index in [1.807, 2.05) is 48.5 Å². The summed E-state index contributed by atoms with van der Waals surface area (Å²) < 4.78 is 0. The first kappa shape index (κ1) is 24.6. The van der Waals surface area contributed by atoms with Crippen LogP contribution in [0.1, 0.15) is 28.1 Å². The number of rotatable bonds is 7. The van der Waals surface area contributed by atoms with E-state index in [2.05, 4.69) is 49.4 Å². The van der Waals surface area contributed by atoms with Gasteiger partial charge >= 0.3 is 0 Å². The van der Waals surface area contributed by atoms with E-state index in [-0.39, 0.29) is 11.5 Å². The van der Waals surface area contributed by atoms with Crippen molar-refractivity contribution in [2.45, 2.75) is 32.6 Å². The van der Waals surface area contributed by atoms with Gasteiger partial charge in [-0.25, -0.2) is 9.97 Å². The summed E-state index contributed by atoms with van der Waals surface area (Å²) in [6, 6.07) is 34.6. The zero-order chi connectivity index (χ0) is 26.8. The van der Waals surface area contributed by atoms with Gasteiger partial charge in [0.25, 0.3) is 0 Å². The van der Waals surface area contributed by atoms with Crippen molar-refractivity contribution in [1.29, 1.82) is 0 Å². The number of benzene rings is 4. The molecule has 2 heterocycles. The maximum Gasteiger partial charge on any atom is 0.141 e. The van der Waals surface area contributed by atoms with E-state index in [1.54, 1.807) is 12.1 Å². The van der Waals surface area contributed by atoms with Crippen LogP contribution in [0.5, 0.6) is 11.5 Å². The van der Waals surface area contributed by atoms with Gasteiger partial charge in [0.1, 0.15) is 22.5 Å². The fourth-order valence-corrected chi connectivity index (χ4v) is 5.13. The maximum absolute atomic E-state index is 10.2. The Morgan fingerprint density at radius 3 is 1.54 bits per heavy atom. The van der Waals surface area contributed by atoms with Crippen LogP contribution in [0.25, 0.3) is 32.9 Å². The quantitative estimate of drug-likeness (QED) is 0.231. The van der Waals surface area contributed by atoms with Crippen LogP contribution < -0.4 is 0 Å². The molecule has 6 rings (SSSR count). The highest BCUT2D eigenvalue weighted by molar-refractivity contribution is 5.85. The lowest BCUT2D eigenvalue weighted by atomic mass is 9.94. The first-order valence-electron chi connectivity index (χ1n) is 13.4. The summed E-state index contributed by atoms with van der Waals surface area (Å²) in [6.45, 7) is 2.11. The highest BCUT2D eigenvalue weighted by atomic mass is 16.3. The fraction of sp³-hybridized carbons (Fsp3) is 0.143. The van der Waals surface area contributed by atoms with Gasteiger partial charge in [0.05, 0.1) is 0 Å². The summed E-state index contributed by atoms with van der Waals surface area (Å²) in [4.78, 5) is 9.46. The summed E-state index contributed by atoms with van der Waals surface area (Å²) in [5.74, 6) is 0.433. The molecule has 0 aliphatic rings. The summed E-state index contributed by atoms with van der Waals surface area (Å²) in [5.41, 5.74) is 9.39. The Morgan fingerprint density at radius 1 is 0.513 bits per heavy atom. The van der Waals surface area contributed by atoms with Crippen molar-refractivity contribution in [3.8, 4) is 22.6 Å². The van der Waals surface area contributed by atoms with Gasteiger partial charge < -0.3 is 10.2 Å². The normalized spacial score (nSPS) is 11.3. The molecule has 0 radical (unpaired) electrons. The molecule has 0 spiro atoms. The lowest BCUT2D eigenvalue weighted by Gasteiger charge is -2.12. The smallest absolute Gasteiger partial charge is 0.141 e. The minimum atomic E-state index is 0.216. The number of hydrogen-bond donors (Lipinski definition) is 2. The molecule has 0 aliphatic heterocycles. The molecule has 0 amide bonds. The van der Waals surface area contributed by atoms with E-state index in [0.29, 0.717) is 11.0 Å². The zero-order valence-electron chi connectivity index (χ0n) is 21.9. The number of hydrogen-bond acceptors (Lipinski definition) is 4. The molecule has 0 fully saturated rings. The summed E-state index contributed by atoms with van der Waals surface area (Å²) in [6.07, 6.45) is 3.26. The third-order valence-corrected chi connectivity index (χ3v) is 7.29. The molecule has 192 valence electrons. The van der Waals surface area contributed by atoms with Gasteiger partial charge in [-0.3, -0.25) is 0 Å². The number of phenols is 2. The third-order valence-electron chi connectivity index (χ3n) is 7.29. The molecule has 2 N–H and O–H groups in total. The number of phenolic OH excluding ortho intramolecular Hbond substituents is 2. The maximum atomic E-state index is 10.2. The van der Waals surface area contributed by atoms with Crippen molar-refractivity contribution in [2.24, 2.45) is 0 Å². The Morgan fingerprint density at radius 2 is 1.03 bits per heavy atom. The molecule has 0 unspecified atom stereocenters. The average Bonchev–Trinajstić information content (AvgIpc) is 2.96. The number of aromatic nitrogens is 2. The predicted molar refractivity (Wildman–Crippen MR) is 158 cm³/mol. The van der Waals surface area contributed by atoms with Crippen LogP contribution in [-0.2, 0) is 25.7 Å². The molecule has 0 saturated carbocycles. The van der Waals surface area contributed by atoms with Gasteiger partial charge in [0.2, 0.25) is 0 Å². The minimum absolute atomic E-state index is 0.216. The van der Waals surface area contributed by atoms with Crippen LogP contribution in [-0.4, -0.2) is 20.2 Å². The van der Waals surface area contributed by atoms with Crippen molar-refractivity contribution in [3.05, 3.63) is 131 Å². The van der Waals surface area contributed by atoms with Crippen molar-refractivity contribution in [2.75, 3.05) is 0 Å². The zero-order valence-corrected chi connectivity index (χ0v) is 21.9. The van der Waals surface area contributed by atoms with Crippen molar-refractivity contribution < 1.29 is 10.2 Å². The van der Waals surface area contributed by atoms with Gasteiger partial charge in [-0.15, -0.1) is 0 Å². The van der Waals surface area contributed by atoms with Crippen LogP contribution in [0.2, 0.25) is 0 Å². The minimum Gasteiger partial charge on any atom is -0.506 e. The molecular formula is C35H30N2O2. The first-order chi connectivity index (χ1) is 19.0. The lowest BCUT2D eigenvalue weighted by molar-refractivity contribution is 0.479. The summed E-state index contributed by atoms with van der Waals surface area (Å²) >= 11 is 0. The summed E-state index contributed by atoms with van der Waals surface area (Å²) in [5, 5.41) is 22.4. The Kier molecular flexibility index (Phi) is 6.68. The van der Waals surface area contributed by atoms with Crippen molar-refractivity contribution >= 4 is 21.8 Å². The number of pyridine rings is 2. The van der Waals surface area contributed by atoms with E-state index >= 15 is 0 Å². The van der Waals surface area contributed by atoms with Crippen LogP contribution in [0, 0.1) is 6.92 Å². The van der Waals surface area contributed by atoms with Gasteiger partial charge in [-0.05, 0) is 79.1 Å². The van der Waals surface area contributed by atoms with E-state index in [4.69, 9.17) is 9.97 Å². The van der Waals surface area contributed by atoms with Crippen LogP contribution >= 0.6 is 0 Å². The third kappa shape index (κ3) is 5.46. The lowest BCUT2D eigenvalue weighted by Crippen LogP contribution is -1.99. The number of para-hydroxylation sites is 2. The van der Waals surface area contributed by atoms with E-state index in [9.17, 15) is 10.2 Å². The number of aryl methyl sites for hydroxylation is 5. The largest absolute Gasteiger partial charge is 0.506 e. The standard InChI is InChI=1S/C35H30N2O2/c1-23-8-12-26(13-9-23)29-21-24(10-16-30-18-14-27-4-2-6-32(38)34(27)36-30)20-25(22-29)11-17-31-19-15-28-5-3-7-33(39)35(28)37-31/h2-9,12-15,18-22,38-39H,10-11,16-17H2,1H3. The Bertz CT molecular complexity index is 1680. The predicted octanol–water partition coefficient (Wildman–Crippen LogP) is 7.74. The van der Waals surface area contributed by atoms with E-state index < -0.39 is 0 Å². The molecule has 0 atom stereocenters. The average molecular weight is 511 g/mol. The molecule has 4 aromatic carbocycles. The fourth-order valence-electron chi connectivity index (χ4n) is 5.13. The van der Waals surface area contributed by atoms with Gasteiger partial charge in [0.15, 0.2) is 0 Å². The SMILES string of the molecule is Cc1ccc(-c2cc(CCc3ccc4cccc(O)c4n3)cc(CCc3ccc4cccc(O)c4n3)c2)cc1. The highest BCUT2D eigenvalue weighted by Gasteiger charge is 2.09. The van der Waals surface area contributed by atoms with Crippen LogP contribution in [0.3, 0.4) is 0 Å². The molecule has 0 saturated heterocycles. The van der Waals surface area contributed by atoms with E-state index in [0.717, 1.165) is 47.8 Å². The van der Waals surface area contributed by atoms with Gasteiger partial charge in [-0.2, -0.15) is 0 Å². The second-order valence-electron chi connectivity index (χ2n) is 10.2. The van der Waals surface area contributed by atoms with E-state index in [1.165, 1.54) is 27.8 Å². The molecule has 4 nitrogen and oxygen atoms in total. The number of nitrogens with zero attached hydrogens (tertiary/aromatic N) is 2. The van der Waals surface area contributed by atoms with Gasteiger partial charge in [0, 0.05) is 22.2 Å². The highest BCUT2D eigenvalue weighted by Crippen LogP contribution is 2.27. The molecule has 39 heavy (non-hydrogen) atoms. The summed E-state index contributed by atoms with van der Waals surface area (Å²) in [7, 11) is 0. The monoisotopic (exact) mass is 510 g/mol. The van der Waals surface area contributed by atoms with Gasteiger partial charge in [-0.1, -0.05) is 84.4 Å². The Balaban J connectivity index is 1.27. The second-order valence-corrected chi connectivity index (χ2v) is 10.2. The first-order valence-corrected chi connectivity index (χ1v) is 13.4. The second kappa shape index (κ2) is 10.6. The molecule has 0 aliphatic carbocycles. The van der Waals surface area contributed by atoms with Crippen LogP contribution in [0.4, 0.5) is 0 Å². The number of fused-ring (bicyclic) bond motifs is 2. The van der Waals surface area contributed by atoms with Crippen molar-refractivity contribution in [3.63, 3.8) is 0 Å². The molecule has 2 aromatic heterocycles. The van der Waals surface area contributed by atoms with Crippen LogP contribution in [0.15, 0.2) is 103 Å². The van der Waals surface area contributed by atoms with Crippen molar-refractivity contribution in [1.82, 2.24) is 9.97 Å². The molecule has 0 bridgehead atoms. The Hall–Kier alpha value is -4.70. The topological polar surface area (TPSA) is 66.2 Å². The molecular weight excluding hydrogens is 480 g/mol. The molecule has 4 heteroatoms. The Labute approximate surface area is 228 Å². The number of aromatic hydroxyl groups is 2.